The number of rotatable bonds is 5. The van der Waals surface area contributed by atoms with Crippen LogP contribution in [0.15, 0.2) is 48.5 Å². The van der Waals surface area contributed by atoms with E-state index in [2.05, 4.69) is 83.8 Å². The molecule has 0 spiro atoms. The van der Waals surface area contributed by atoms with Crippen molar-refractivity contribution in [1.82, 2.24) is 9.97 Å². The minimum Gasteiger partial charge on any atom is -0.366 e. The van der Waals surface area contributed by atoms with Gasteiger partial charge in [0, 0.05) is 24.0 Å². The lowest BCUT2D eigenvalue weighted by atomic mass is 10.1. The molecule has 3 rings (SSSR count). The summed E-state index contributed by atoms with van der Waals surface area (Å²) in [6.07, 6.45) is 0. The Morgan fingerprint density at radius 3 is 2.44 bits per heavy atom. The molecule has 0 bridgehead atoms. The fourth-order valence-electron chi connectivity index (χ4n) is 2.70. The third-order valence-electron chi connectivity index (χ3n) is 4.21. The van der Waals surface area contributed by atoms with E-state index in [1.807, 2.05) is 13.0 Å². The lowest BCUT2D eigenvalue weighted by molar-refractivity contribution is 1.05. The topological polar surface area (TPSA) is 49.8 Å². The molecule has 2 N–H and O–H groups in total. The van der Waals surface area contributed by atoms with Gasteiger partial charge in [-0.1, -0.05) is 36.4 Å². The van der Waals surface area contributed by atoms with Crippen LogP contribution in [0.1, 0.15) is 27.9 Å². The Hall–Kier alpha value is -2.88. The maximum atomic E-state index is 4.61. The van der Waals surface area contributed by atoms with Crippen molar-refractivity contribution in [3.8, 4) is 0 Å². The van der Waals surface area contributed by atoms with Crippen LogP contribution in [0.25, 0.3) is 0 Å². The molecule has 1 aromatic heterocycles. The van der Waals surface area contributed by atoms with Crippen molar-refractivity contribution in [2.24, 2.45) is 0 Å². The van der Waals surface area contributed by atoms with E-state index in [0.29, 0.717) is 5.95 Å². The summed E-state index contributed by atoms with van der Waals surface area (Å²) in [6.45, 7) is 9.00. The van der Waals surface area contributed by atoms with E-state index >= 15 is 0 Å². The molecule has 0 aliphatic heterocycles. The fourth-order valence-corrected chi connectivity index (χ4v) is 2.70. The van der Waals surface area contributed by atoms with Gasteiger partial charge in [0.1, 0.15) is 5.82 Å². The Kier molecular flexibility index (Phi) is 4.98. The SMILES string of the molecule is Cc1ccc(C)c(Nc2nc(C)cc(NCc3ccccc3C)n2)c1. The van der Waals surface area contributed by atoms with Gasteiger partial charge in [-0.15, -0.1) is 0 Å². The quantitative estimate of drug-likeness (QED) is 0.685. The maximum absolute atomic E-state index is 4.61. The first-order chi connectivity index (χ1) is 12.0. The van der Waals surface area contributed by atoms with Crippen molar-refractivity contribution in [3.63, 3.8) is 0 Å². The molecule has 3 aromatic rings. The first-order valence-corrected chi connectivity index (χ1v) is 8.49. The zero-order valence-electron chi connectivity index (χ0n) is 15.2. The summed E-state index contributed by atoms with van der Waals surface area (Å²) in [6, 6.07) is 16.6. The molecule has 0 aliphatic rings. The average molecular weight is 332 g/mol. The highest BCUT2D eigenvalue weighted by Gasteiger charge is 2.06. The van der Waals surface area contributed by atoms with Crippen LogP contribution < -0.4 is 10.6 Å². The Balaban J connectivity index is 1.78. The smallest absolute Gasteiger partial charge is 0.229 e. The van der Waals surface area contributed by atoms with Gasteiger partial charge in [0.25, 0.3) is 0 Å². The Labute approximate surface area is 149 Å². The van der Waals surface area contributed by atoms with Crippen molar-refractivity contribution < 1.29 is 0 Å². The second-order valence-corrected chi connectivity index (χ2v) is 6.44. The van der Waals surface area contributed by atoms with Gasteiger partial charge in [0.15, 0.2) is 0 Å². The van der Waals surface area contributed by atoms with Crippen LogP contribution in [-0.4, -0.2) is 9.97 Å². The number of nitrogens with one attached hydrogen (secondary N) is 2. The van der Waals surface area contributed by atoms with Crippen molar-refractivity contribution in [1.29, 1.82) is 0 Å². The highest BCUT2D eigenvalue weighted by Crippen LogP contribution is 2.21. The molecule has 0 saturated carbocycles. The molecule has 4 nitrogen and oxygen atoms in total. The standard InChI is InChI=1S/C21H24N4/c1-14-9-10-16(3)19(11-14)24-21-23-17(4)12-20(25-21)22-13-18-8-6-5-7-15(18)2/h5-12H,13H2,1-4H3,(H2,22,23,24,25). The highest BCUT2D eigenvalue weighted by molar-refractivity contribution is 5.60. The van der Waals surface area contributed by atoms with Crippen LogP contribution >= 0.6 is 0 Å². The molecule has 4 heteroatoms. The number of hydrogen-bond acceptors (Lipinski definition) is 4. The van der Waals surface area contributed by atoms with Gasteiger partial charge in [-0.3, -0.25) is 0 Å². The van der Waals surface area contributed by atoms with Gasteiger partial charge in [0.2, 0.25) is 5.95 Å². The van der Waals surface area contributed by atoms with E-state index in [9.17, 15) is 0 Å². The Morgan fingerprint density at radius 1 is 0.840 bits per heavy atom. The third-order valence-corrected chi connectivity index (χ3v) is 4.21. The molecule has 0 fully saturated rings. The molecule has 0 unspecified atom stereocenters. The number of hydrogen-bond donors (Lipinski definition) is 2. The lowest BCUT2D eigenvalue weighted by Gasteiger charge is -2.12. The van der Waals surface area contributed by atoms with Crippen LogP contribution in [0.4, 0.5) is 17.5 Å². The third kappa shape index (κ3) is 4.35. The molecule has 0 amide bonds. The number of nitrogens with zero attached hydrogens (tertiary/aromatic N) is 2. The van der Waals surface area contributed by atoms with Crippen LogP contribution in [0, 0.1) is 27.7 Å². The summed E-state index contributed by atoms with van der Waals surface area (Å²) in [5.41, 5.74) is 6.88. The van der Waals surface area contributed by atoms with E-state index in [1.165, 1.54) is 22.3 Å². The molecule has 0 atom stereocenters. The van der Waals surface area contributed by atoms with Gasteiger partial charge in [0.05, 0.1) is 0 Å². The number of aryl methyl sites for hydroxylation is 4. The van der Waals surface area contributed by atoms with Crippen LogP contribution in [-0.2, 0) is 6.54 Å². The van der Waals surface area contributed by atoms with Gasteiger partial charge in [-0.05, 0) is 56.0 Å². The second kappa shape index (κ2) is 7.34. The van der Waals surface area contributed by atoms with Crippen molar-refractivity contribution in [3.05, 3.63) is 76.5 Å². The number of aromatic nitrogens is 2. The van der Waals surface area contributed by atoms with E-state index < -0.39 is 0 Å². The van der Waals surface area contributed by atoms with Crippen molar-refractivity contribution in [2.75, 3.05) is 10.6 Å². The zero-order chi connectivity index (χ0) is 17.8. The molecular formula is C21H24N4. The molecule has 2 aromatic carbocycles. The van der Waals surface area contributed by atoms with Crippen molar-refractivity contribution >= 4 is 17.5 Å². The summed E-state index contributed by atoms with van der Waals surface area (Å²) < 4.78 is 0. The summed E-state index contributed by atoms with van der Waals surface area (Å²) in [7, 11) is 0. The predicted octanol–water partition coefficient (Wildman–Crippen LogP) is 5.07. The summed E-state index contributed by atoms with van der Waals surface area (Å²) in [5.74, 6) is 1.43. The number of benzene rings is 2. The molecule has 0 radical (unpaired) electrons. The van der Waals surface area contributed by atoms with Crippen LogP contribution in [0.5, 0.6) is 0 Å². The zero-order valence-corrected chi connectivity index (χ0v) is 15.2. The van der Waals surface area contributed by atoms with Gasteiger partial charge >= 0.3 is 0 Å². The van der Waals surface area contributed by atoms with E-state index in [-0.39, 0.29) is 0 Å². The average Bonchev–Trinajstić information content (AvgIpc) is 2.57. The van der Waals surface area contributed by atoms with E-state index in [1.54, 1.807) is 0 Å². The normalized spacial score (nSPS) is 10.6. The van der Waals surface area contributed by atoms with Crippen molar-refractivity contribution in [2.45, 2.75) is 34.2 Å². The largest absolute Gasteiger partial charge is 0.366 e. The summed E-state index contributed by atoms with van der Waals surface area (Å²) in [4.78, 5) is 9.12. The molecule has 0 aliphatic carbocycles. The minimum absolute atomic E-state index is 0.612. The molecule has 0 saturated heterocycles. The van der Waals surface area contributed by atoms with Gasteiger partial charge < -0.3 is 10.6 Å². The van der Waals surface area contributed by atoms with Crippen LogP contribution in [0.2, 0.25) is 0 Å². The monoisotopic (exact) mass is 332 g/mol. The first-order valence-electron chi connectivity index (χ1n) is 8.49. The lowest BCUT2D eigenvalue weighted by Crippen LogP contribution is -2.06. The molecule has 128 valence electrons. The van der Waals surface area contributed by atoms with Gasteiger partial charge in [-0.2, -0.15) is 4.98 Å². The second-order valence-electron chi connectivity index (χ2n) is 6.44. The Bertz CT molecular complexity index is 887. The molecular weight excluding hydrogens is 308 g/mol. The molecule has 1 heterocycles. The molecule has 25 heavy (non-hydrogen) atoms. The highest BCUT2D eigenvalue weighted by atomic mass is 15.1. The number of anilines is 3. The summed E-state index contributed by atoms with van der Waals surface area (Å²) in [5, 5.41) is 6.75. The first kappa shape index (κ1) is 17.0. The maximum Gasteiger partial charge on any atom is 0.229 e. The van der Waals surface area contributed by atoms with Gasteiger partial charge in [-0.25, -0.2) is 4.98 Å². The van der Waals surface area contributed by atoms with E-state index in [4.69, 9.17) is 0 Å². The van der Waals surface area contributed by atoms with E-state index in [0.717, 1.165) is 23.7 Å². The predicted molar refractivity (Wildman–Crippen MR) is 104 cm³/mol. The Morgan fingerprint density at radius 2 is 1.64 bits per heavy atom. The summed E-state index contributed by atoms with van der Waals surface area (Å²) >= 11 is 0. The van der Waals surface area contributed by atoms with Crippen LogP contribution in [0.3, 0.4) is 0 Å². The fraction of sp³-hybridized carbons (Fsp3) is 0.238. The minimum atomic E-state index is 0.612.